The fourth-order valence-electron chi connectivity index (χ4n) is 2.65. The lowest BCUT2D eigenvalue weighted by Crippen LogP contribution is -2.35. The van der Waals surface area contributed by atoms with Crippen LogP contribution in [-0.2, 0) is 4.79 Å². The highest BCUT2D eigenvalue weighted by atomic mass is 79.9. The van der Waals surface area contributed by atoms with Gasteiger partial charge in [0.25, 0.3) is 5.91 Å². The van der Waals surface area contributed by atoms with Gasteiger partial charge in [0.1, 0.15) is 5.75 Å². The third-order valence-electron chi connectivity index (χ3n) is 4.13. The Bertz CT molecular complexity index is 1020. The number of fused-ring (bicyclic) bond motifs is 1. The van der Waals surface area contributed by atoms with Crippen molar-refractivity contribution in [2.24, 2.45) is 5.10 Å². The summed E-state index contributed by atoms with van der Waals surface area (Å²) in [6.45, 7) is 1.87. The summed E-state index contributed by atoms with van der Waals surface area (Å²) in [5.74, 6) is 0.237. The van der Waals surface area contributed by atoms with Gasteiger partial charge >= 0.3 is 0 Å². The van der Waals surface area contributed by atoms with E-state index in [2.05, 4.69) is 26.5 Å². The first-order chi connectivity index (χ1) is 13.5. The first-order valence-electron chi connectivity index (χ1n) is 8.62. The van der Waals surface area contributed by atoms with Crippen molar-refractivity contribution < 1.29 is 9.53 Å². The Kier molecular flexibility index (Phi) is 6.94. The lowest BCUT2D eigenvalue weighted by atomic mass is 10.1. The monoisotopic (exact) mass is 478 g/mol. The molecule has 1 atom stereocenters. The minimum atomic E-state index is -0.698. The Morgan fingerprint density at radius 1 is 1.14 bits per heavy atom. The molecule has 0 aliphatic rings. The zero-order chi connectivity index (χ0) is 20.1. The van der Waals surface area contributed by atoms with Gasteiger partial charge in [-0.3, -0.25) is 4.79 Å². The highest BCUT2D eigenvalue weighted by molar-refractivity contribution is 9.10. The molecule has 3 rings (SSSR count). The molecule has 0 bridgehead atoms. The second-order valence-corrected chi connectivity index (χ2v) is 7.59. The van der Waals surface area contributed by atoms with Crippen LogP contribution in [-0.4, -0.2) is 18.2 Å². The van der Waals surface area contributed by atoms with Crippen molar-refractivity contribution in [3.05, 3.63) is 74.7 Å². The van der Waals surface area contributed by atoms with E-state index < -0.39 is 6.10 Å². The standard InChI is InChI=1S/C21H17BrCl2N2O2/c1-2-18(21(27)26-25-12-15-16(23)8-5-9-17(15)24)28-19-11-10-13-6-3-4-7-14(13)20(19)22/h3-12,18H,2H2,1H3,(H,26,27)/b25-12-/t18-/m0/s1. The summed E-state index contributed by atoms with van der Waals surface area (Å²) < 4.78 is 6.74. The highest BCUT2D eigenvalue weighted by Gasteiger charge is 2.19. The molecular weight excluding hydrogens is 463 g/mol. The van der Waals surface area contributed by atoms with Gasteiger partial charge in [-0.05, 0) is 51.3 Å². The Balaban J connectivity index is 1.72. The van der Waals surface area contributed by atoms with E-state index in [9.17, 15) is 4.79 Å². The molecule has 28 heavy (non-hydrogen) atoms. The number of hydrogen-bond donors (Lipinski definition) is 1. The average molecular weight is 480 g/mol. The predicted octanol–water partition coefficient (Wildman–Crippen LogP) is 6.22. The van der Waals surface area contributed by atoms with Gasteiger partial charge in [0, 0.05) is 5.56 Å². The van der Waals surface area contributed by atoms with E-state index in [4.69, 9.17) is 27.9 Å². The Morgan fingerprint density at radius 2 is 1.86 bits per heavy atom. The lowest BCUT2D eigenvalue weighted by molar-refractivity contribution is -0.128. The molecule has 0 aromatic heterocycles. The van der Waals surface area contributed by atoms with Crippen LogP contribution in [0.3, 0.4) is 0 Å². The molecule has 1 amide bonds. The fraction of sp³-hybridized carbons (Fsp3) is 0.143. The third kappa shape index (κ3) is 4.66. The molecule has 4 nitrogen and oxygen atoms in total. The van der Waals surface area contributed by atoms with Crippen LogP contribution in [0.5, 0.6) is 5.75 Å². The van der Waals surface area contributed by atoms with Crippen LogP contribution in [0.2, 0.25) is 10.0 Å². The number of amides is 1. The van der Waals surface area contributed by atoms with Crippen LogP contribution < -0.4 is 10.2 Å². The molecule has 7 heteroatoms. The summed E-state index contributed by atoms with van der Waals surface area (Å²) in [4.78, 5) is 12.5. The zero-order valence-electron chi connectivity index (χ0n) is 15.0. The molecule has 0 saturated heterocycles. The second-order valence-electron chi connectivity index (χ2n) is 5.98. The summed E-state index contributed by atoms with van der Waals surface area (Å²) in [7, 11) is 0. The van der Waals surface area contributed by atoms with E-state index in [1.165, 1.54) is 6.21 Å². The molecule has 3 aromatic rings. The van der Waals surface area contributed by atoms with Crippen molar-refractivity contribution in [2.75, 3.05) is 0 Å². The summed E-state index contributed by atoms with van der Waals surface area (Å²) in [5.41, 5.74) is 3.03. The summed E-state index contributed by atoms with van der Waals surface area (Å²) >= 11 is 15.7. The molecule has 0 saturated carbocycles. The number of benzene rings is 3. The quantitative estimate of drug-likeness (QED) is 0.337. The topological polar surface area (TPSA) is 50.7 Å². The average Bonchev–Trinajstić information content (AvgIpc) is 2.70. The number of rotatable bonds is 6. The van der Waals surface area contributed by atoms with E-state index in [0.29, 0.717) is 27.8 Å². The van der Waals surface area contributed by atoms with Crippen LogP contribution in [0.25, 0.3) is 10.8 Å². The summed E-state index contributed by atoms with van der Waals surface area (Å²) in [6.07, 6.45) is 1.20. The molecule has 0 aliphatic carbocycles. The number of carbonyl (C=O) groups is 1. The molecule has 144 valence electrons. The maximum atomic E-state index is 12.5. The van der Waals surface area contributed by atoms with Gasteiger partial charge in [-0.25, -0.2) is 5.43 Å². The van der Waals surface area contributed by atoms with Crippen LogP contribution >= 0.6 is 39.1 Å². The van der Waals surface area contributed by atoms with E-state index in [1.807, 2.05) is 43.3 Å². The van der Waals surface area contributed by atoms with Crippen LogP contribution in [0.1, 0.15) is 18.9 Å². The molecule has 0 spiro atoms. The number of nitrogens with zero attached hydrogens (tertiary/aromatic N) is 1. The molecule has 0 heterocycles. The number of carbonyl (C=O) groups excluding carboxylic acids is 1. The van der Waals surface area contributed by atoms with E-state index in [-0.39, 0.29) is 5.91 Å². The molecule has 0 unspecified atom stereocenters. The molecule has 3 aromatic carbocycles. The highest BCUT2D eigenvalue weighted by Crippen LogP contribution is 2.33. The van der Waals surface area contributed by atoms with E-state index in [0.717, 1.165) is 15.2 Å². The lowest BCUT2D eigenvalue weighted by Gasteiger charge is -2.17. The molecule has 0 aliphatic heterocycles. The Hall–Kier alpha value is -2.08. The molecular formula is C21H17BrCl2N2O2. The van der Waals surface area contributed by atoms with Gasteiger partial charge in [-0.15, -0.1) is 0 Å². The van der Waals surface area contributed by atoms with Crippen molar-refractivity contribution in [3.63, 3.8) is 0 Å². The van der Waals surface area contributed by atoms with E-state index in [1.54, 1.807) is 18.2 Å². The van der Waals surface area contributed by atoms with Gasteiger partial charge in [-0.2, -0.15) is 5.10 Å². The minimum absolute atomic E-state index is 0.359. The van der Waals surface area contributed by atoms with E-state index >= 15 is 0 Å². The third-order valence-corrected chi connectivity index (χ3v) is 5.61. The van der Waals surface area contributed by atoms with Crippen LogP contribution in [0.15, 0.2) is 64.2 Å². The first kappa shape index (κ1) is 20.6. The summed E-state index contributed by atoms with van der Waals surface area (Å²) in [5, 5.41) is 6.97. The van der Waals surface area contributed by atoms with Gasteiger partial charge in [0.2, 0.25) is 0 Å². The number of ether oxygens (including phenoxy) is 1. The van der Waals surface area contributed by atoms with Crippen LogP contribution in [0, 0.1) is 0 Å². The van der Waals surface area contributed by atoms with Gasteiger partial charge in [-0.1, -0.05) is 66.5 Å². The number of halogens is 3. The second kappa shape index (κ2) is 9.41. The predicted molar refractivity (Wildman–Crippen MR) is 119 cm³/mol. The van der Waals surface area contributed by atoms with Crippen molar-refractivity contribution in [2.45, 2.75) is 19.4 Å². The fourth-order valence-corrected chi connectivity index (χ4v) is 3.73. The number of nitrogens with one attached hydrogen (secondary N) is 1. The normalized spacial score (nSPS) is 12.3. The van der Waals surface area contributed by atoms with Crippen molar-refractivity contribution >= 4 is 62.0 Å². The van der Waals surface area contributed by atoms with Gasteiger partial charge in [0.15, 0.2) is 6.10 Å². The molecule has 1 N–H and O–H groups in total. The summed E-state index contributed by atoms with van der Waals surface area (Å²) in [6, 6.07) is 16.9. The van der Waals surface area contributed by atoms with Crippen molar-refractivity contribution in [3.8, 4) is 5.75 Å². The number of hydrazone groups is 1. The Labute approximate surface area is 181 Å². The number of hydrogen-bond acceptors (Lipinski definition) is 3. The van der Waals surface area contributed by atoms with Crippen molar-refractivity contribution in [1.29, 1.82) is 0 Å². The van der Waals surface area contributed by atoms with Gasteiger partial charge < -0.3 is 4.74 Å². The minimum Gasteiger partial charge on any atom is -0.479 e. The Morgan fingerprint density at radius 3 is 2.57 bits per heavy atom. The van der Waals surface area contributed by atoms with Crippen LogP contribution in [0.4, 0.5) is 0 Å². The maximum Gasteiger partial charge on any atom is 0.281 e. The zero-order valence-corrected chi connectivity index (χ0v) is 18.1. The maximum absolute atomic E-state index is 12.5. The van der Waals surface area contributed by atoms with Crippen molar-refractivity contribution in [1.82, 2.24) is 5.43 Å². The smallest absolute Gasteiger partial charge is 0.281 e. The van der Waals surface area contributed by atoms with Gasteiger partial charge in [0.05, 0.1) is 20.7 Å². The SMILES string of the molecule is CC[C@H](Oc1ccc2ccccc2c1Br)C(=O)N/N=C\c1c(Cl)cccc1Cl. The molecule has 0 fully saturated rings. The molecule has 0 radical (unpaired) electrons. The first-order valence-corrected chi connectivity index (χ1v) is 10.2. The largest absolute Gasteiger partial charge is 0.479 e.